The molecule has 0 spiro atoms. The fraction of sp³-hybridized carbons (Fsp3) is 0.900. The molecule has 0 saturated carbocycles. The summed E-state index contributed by atoms with van der Waals surface area (Å²) in [5.41, 5.74) is -0.583. The zero-order chi connectivity index (χ0) is 12.8. The highest BCUT2D eigenvalue weighted by Crippen LogP contribution is 2.15. The highest BCUT2D eigenvalue weighted by molar-refractivity contribution is 7.90. The molecule has 0 saturated heterocycles. The molecule has 0 aliphatic carbocycles. The predicted octanol–water partition coefficient (Wildman–Crippen LogP) is 0.210. The van der Waals surface area contributed by atoms with E-state index in [1.807, 2.05) is 0 Å². The summed E-state index contributed by atoms with van der Waals surface area (Å²) in [6.07, 6.45) is 1.77. The van der Waals surface area contributed by atoms with Crippen LogP contribution >= 0.6 is 0 Å². The number of rotatable bonds is 7. The average Bonchev–Trinajstić information content (AvgIpc) is 2.14. The molecule has 0 fully saturated rings. The Bertz CT molecular complexity index is 322. The Labute approximate surface area is 97.5 Å². The smallest absolute Gasteiger partial charge is 0.312 e. The molecular formula is C10H21NO4S. The molecular weight excluding hydrogens is 230 g/mol. The summed E-state index contributed by atoms with van der Waals surface area (Å²) in [4.78, 5) is 11.3. The third kappa shape index (κ3) is 6.79. The Morgan fingerprint density at radius 1 is 1.38 bits per heavy atom. The first kappa shape index (κ1) is 15.4. The van der Waals surface area contributed by atoms with Crippen molar-refractivity contribution in [1.82, 2.24) is 5.32 Å². The van der Waals surface area contributed by atoms with Crippen molar-refractivity contribution in [2.45, 2.75) is 20.3 Å². The number of hydrogen-bond acceptors (Lipinski definition) is 5. The standard InChI is InChI=1S/C10H21NO4S/c1-10(2,9(12)15-3)8-11-6-5-7-16(4,13)14/h11H,5-8H2,1-4H3. The van der Waals surface area contributed by atoms with E-state index in [1.54, 1.807) is 13.8 Å². The van der Waals surface area contributed by atoms with Crippen molar-refractivity contribution in [3.05, 3.63) is 0 Å². The number of carbonyl (C=O) groups excluding carboxylic acids is 1. The molecule has 1 N–H and O–H groups in total. The van der Waals surface area contributed by atoms with Crippen molar-refractivity contribution in [1.29, 1.82) is 0 Å². The van der Waals surface area contributed by atoms with Gasteiger partial charge in [-0.2, -0.15) is 0 Å². The minimum atomic E-state index is -2.89. The van der Waals surface area contributed by atoms with Gasteiger partial charge in [0.05, 0.1) is 18.3 Å². The molecule has 0 aliphatic rings. The van der Waals surface area contributed by atoms with Gasteiger partial charge >= 0.3 is 5.97 Å². The molecule has 0 aromatic rings. The average molecular weight is 251 g/mol. The number of nitrogens with one attached hydrogen (secondary N) is 1. The van der Waals surface area contributed by atoms with E-state index in [4.69, 9.17) is 0 Å². The van der Waals surface area contributed by atoms with Crippen molar-refractivity contribution < 1.29 is 17.9 Å². The monoisotopic (exact) mass is 251 g/mol. The van der Waals surface area contributed by atoms with Gasteiger partial charge in [0.25, 0.3) is 0 Å². The lowest BCUT2D eigenvalue weighted by Crippen LogP contribution is -2.37. The molecule has 16 heavy (non-hydrogen) atoms. The number of esters is 1. The maximum absolute atomic E-state index is 11.3. The van der Waals surface area contributed by atoms with Gasteiger partial charge in [0.2, 0.25) is 0 Å². The third-order valence-corrected chi connectivity index (χ3v) is 3.20. The van der Waals surface area contributed by atoms with Gasteiger partial charge in [-0.15, -0.1) is 0 Å². The highest BCUT2D eigenvalue weighted by atomic mass is 32.2. The molecule has 0 amide bonds. The van der Waals surface area contributed by atoms with Crippen LogP contribution in [-0.2, 0) is 19.4 Å². The van der Waals surface area contributed by atoms with Gasteiger partial charge < -0.3 is 10.1 Å². The summed E-state index contributed by atoms with van der Waals surface area (Å²) in [5, 5.41) is 3.05. The zero-order valence-electron chi connectivity index (χ0n) is 10.4. The molecule has 5 nitrogen and oxygen atoms in total. The van der Waals surface area contributed by atoms with Crippen molar-refractivity contribution in [2.75, 3.05) is 32.2 Å². The van der Waals surface area contributed by atoms with Gasteiger partial charge in [0.15, 0.2) is 0 Å². The molecule has 0 unspecified atom stereocenters. The Kier molecular flexibility index (Phi) is 5.96. The first-order valence-corrected chi connectivity index (χ1v) is 7.22. The van der Waals surface area contributed by atoms with E-state index in [2.05, 4.69) is 10.1 Å². The van der Waals surface area contributed by atoms with Crippen molar-refractivity contribution in [3.63, 3.8) is 0 Å². The molecule has 0 aliphatic heterocycles. The molecule has 0 aromatic heterocycles. The van der Waals surface area contributed by atoms with E-state index in [1.165, 1.54) is 13.4 Å². The van der Waals surface area contributed by atoms with Crippen LogP contribution in [0.3, 0.4) is 0 Å². The fourth-order valence-corrected chi connectivity index (χ4v) is 1.88. The number of hydrogen-bond donors (Lipinski definition) is 1. The maximum atomic E-state index is 11.3. The fourth-order valence-electron chi connectivity index (χ4n) is 1.21. The molecule has 0 radical (unpaired) electrons. The van der Waals surface area contributed by atoms with Crippen LogP contribution in [0, 0.1) is 5.41 Å². The molecule has 6 heteroatoms. The van der Waals surface area contributed by atoms with E-state index in [0.29, 0.717) is 19.5 Å². The van der Waals surface area contributed by atoms with Crippen LogP contribution < -0.4 is 5.32 Å². The number of carbonyl (C=O) groups is 1. The van der Waals surface area contributed by atoms with Crippen molar-refractivity contribution in [2.24, 2.45) is 5.41 Å². The van der Waals surface area contributed by atoms with E-state index in [0.717, 1.165) is 0 Å². The van der Waals surface area contributed by atoms with Crippen molar-refractivity contribution in [3.8, 4) is 0 Å². The third-order valence-electron chi connectivity index (χ3n) is 2.17. The Morgan fingerprint density at radius 3 is 2.38 bits per heavy atom. The molecule has 96 valence electrons. The van der Waals surface area contributed by atoms with Gasteiger partial charge in [-0.05, 0) is 26.8 Å². The molecule has 0 bridgehead atoms. The lowest BCUT2D eigenvalue weighted by Gasteiger charge is -2.21. The zero-order valence-corrected chi connectivity index (χ0v) is 11.2. The molecule has 0 rings (SSSR count). The normalized spacial score (nSPS) is 12.5. The van der Waals surface area contributed by atoms with Gasteiger partial charge in [-0.1, -0.05) is 0 Å². The quantitative estimate of drug-likeness (QED) is 0.517. The van der Waals surface area contributed by atoms with E-state index >= 15 is 0 Å². The summed E-state index contributed by atoms with van der Waals surface area (Å²) >= 11 is 0. The highest BCUT2D eigenvalue weighted by Gasteiger charge is 2.27. The van der Waals surface area contributed by atoms with E-state index < -0.39 is 15.3 Å². The molecule has 0 heterocycles. The Hall–Kier alpha value is -0.620. The lowest BCUT2D eigenvalue weighted by atomic mass is 9.94. The Balaban J connectivity index is 3.78. The van der Waals surface area contributed by atoms with E-state index in [-0.39, 0.29) is 11.7 Å². The van der Waals surface area contributed by atoms with Crippen LogP contribution in [0.2, 0.25) is 0 Å². The second-order valence-corrected chi connectivity index (χ2v) is 6.80. The van der Waals surface area contributed by atoms with Gasteiger partial charge in [0, 0.05) is 12.8 Å². The van der Waals surface area contributed by atoms with Crippen LogP contribution in [0.25, 0.3) is 0 Å². The van der Waals surface area contributed by atoms with Crippen LogP contribution in [0.4, 0.5) is 0 Å². The molecule has 0 aromatic carbocycles. The first-order chi connectivity index (χ1) is 7.19. The van der Waals surface area contributed by atoms with Gasteiger partial charge in [-0.25, -0.2) is 8.42 Å². The van der Waals surface area contributed by atoms with Crippen LogP contribution in [0.1, 0.15) is 20.3 Å². The van der Waals surface area contributed by atoms with Gasteiger partial charge in [0.1, 0.15) is 9.84 Å². The summed E-state index contributed by atoms with van der Waals surface area (Å²) in [6, 6.07) is 0. The number of sulfone groups is 1. The number of methoxy groups -OCH3 is 1. The first-order valence-electron chi connectivity index (χ1n) is 5.16. The van der Waals surface area contributed by atoms with E-state index in [9.17, 15) is 13.2 Å². The lowest BCUT2D eigenvalue weighted by molar-refractivity contribution is -0.150. The van der Waals surface area contributed by atoms with Gasteiger partial charge in [-0.3, -0.25) is 4.79 Å². The van der Waals surface area contributed by atoms with Crippen molar-refractivity contribution >= 4 is 15.8 Å². The summed E-state index contributed by atoms with van der Waals surface area (Å²) < 4.78 is 26.3. The largest absolute Gasteiger partial charge is 0.469 e. The Morgan fingerprint density at radius 2 is 1.94 bits per heavy atom. The van der Waals surface area contributed by atoms with Crippen LogP contribution in [0.5, 0.6) is 0 Å². The van der Waals surface area contributed by atoms with Crippen LogP contribution in [-0.4, -0.2) is 46.6 Å². The SMILES string of the molecule is COC(=O)C(C)(C)CNCCCS(C)(=O)=O. The number of ether oxygens (including phenoxy) is 1. The predicted molar refractivity (Wildman–Crippen MR) is 63.0 cm³/mol. The topological polar surface area (TPSA) is 72.5 Å². The second kappa shape index (κ2) is 6.20. The second-order valence-electron chi connectivity index (χ2n) is 4.54. The van der Waals surface area contributed by atoms with Crippen LogP contribution in [0.15, 0.2) is 0 Å². The molecule has 0 atom stereocenters. The minimum absolute atomic E-state index is 0.165. The minimum Gasteiger partial charge on any atom is -0.469 e. The maximum Gasteiger partial charge on any atom is 0.312 e. The summed E-state index contributed by atoms with van der Waals surface area (Å²) in [7, 11) is -1.54. The summed E-state index contributed by atoms with van der Waals surface area (Å²) in [5.74, 6) is -0.110. The summed E-state index contributed by atoms with van der Waals surface area (Å²) in [6.45, 7) is 4.61.